The zero-order valence-electron chi connectivity index (χ0n) is 11.4. The molecule has 0 spiro atoms. The average molecular weight is 315 g/mol. The van der Waals surface area contributed by atoms with Crippen LogP contribution in [0.25, 0.3) is 0 Å². The number of halogens is 3. The molecule has 0 saturated heterocycles. The van der Waals surface area contributed by atoms with E-state index in [0.717, 1.165) is 17.7 Å². The first-order valence-corrected chi connectivity index (χ1v) is 7.35. The second-order valence-corrected chi connectivity index (χ2v) is 5.87. The van der Waals surface area contributed by atoms with E-state index in [1.807, 2.05) is 16.8 Å². The maximum Gasteiger partial charge on any atom is 0.416 e. The van der Waals surface area contributed by atoms with Gasteiger partial charge in [0.2, 0.25) is 0 Å². The van der Waals surface area contributed by atoms with E-state index in [2.05, 4.69) is 5.32 Å². The molecule has 0 amide bonds. The van der Waals surface area contributed by atoms with Crippen molar-refractivity contribution >= 4 is 11.3 Å². The van der Waals surface area contributed by atoms with Gasteiger partial charge < -0.3 is 10.4 Å². The summed E-state index contributed by atoms with van der Waals surface area (Å²) in [4.78, 5) is 0. The van der Waals surface area contributed by atoms with E-state index in [0.29, 0.717) is 5.56 Å². The second kappa shape index (κ2) is 6.17. The zero-order valence-corrected chi connectivity index (χ0v) is 12.3. The molecule has 1 unspecified atom stereocenters. The number of benzene rings is 1. The first-order chi connectivity index (χ1) is 9.79. The SMILES string of the molecule is CC(O)(CNCc1cccc(C(F)(F)F)c1)c1ccsc1. The van der Waals surface area contributed by atoms with Crippen molar-refractivity contribution in [2.45, 2.75) is 25.2 Å². The minimum absolute atomic E-state index is 0.264. The number of rotatable bonds is 5. The van der Waals surface area contributed by atoms with Crippen molar-refractivity contribution in [3.05, 3.63) is 57.8 Å². The van der Waals surface area contributed by atoms with Gasteiger partial charge in [0.25, 0.3) is 0 Å². The van der Waals surface area contributed by atoms with E-state index in [1.165, 1.54) is 17.4 Å². The van der Waals surface area contributed by atoms with Gasteiger partial charge in [0, 0.05) is 13.1 Å². The summed E-state index contributed by atoms with van der Waals surface area (Å²) in [7, 11) is 0. The molecule has 1 heterocycles. The average Bonchev–Trinajstić information content (AvgIpc) is 2.92. The fourth-order valence-corrected chi connectivity index (χ4v) is 2.76. The van der Waals surface area contributed by atoms with Gasteiger partial charge in [-0.2, -0.15) is 24.5 Å². The molecule has 6 heteroatoms. The maximum absolute atomic E-state index is 12.6. The molecule has 2 nitrogen and oxygen atoms in total. The molecule has 2 rings (SSSR count). The van der Waals surface area contributed by atoms with Crippen LogP contribution in [0.5, 0.6) is 0 Å². The molecular weight excluding hydrogens is 299 g/mol. The Labute approximate surface area is 125 Å². The third-order valence-electron chi connectivity index (χ3n) is 3.20. The summed E-state index contributed by atoms with van der Waals surface area (Å²) >= 11 is 1.49. The number of hydrogen-bond donors (Lipinski definition) is 2. The molecule has 0 fully saturated rings. The van der Waals surface area contributed by atoms with Crippen LogP contribution in [0.3, 0.4) is 0 Å². The fraction of sp³-hybridized carbons (Fsp3) is 0.333. The molecule has 21 heavy (non-hydrogen) atoms. The molecule has 0 aliphatic heterocycles. The van der Waals surface area contributed by atoms with E-state index < -0.39 is 17.3 Å². The molecule has 1 aromatic carbocycles. The Kier molecular flexibility index (Phi) is 4.70. The molecule has 0 bridgehead atoms. The van der Waals surface area contributed by atoms with Crippen molar-refractivity contribution < 1.29 is 18.3 Å². The van der Waals surface area contributed by atoms with E-state index in [4.69, 9.17) is 0 Å². The lowest BCUT2D eigenvalue weighted by atomic mass is 9.99. The van der Waals surface area contributed by atoms with Gasteiger partial charge in [0.15, 0.2) is 0 Å². The normalized spacial score (nSPS) is 14.9. The summed E-state index contributed by atoms with van der Waals surface area (Å²) in [6.45, 7) is 2.21. The lowest BCUT2D eigenvalue weighted by Crippen LogP contribution is -2.34. The Hall–Kier alpha value is -1.37. The van der Waals surface area contributed by atoms with Crippen LogP contribution in [0, 0.1) is 0 Å². The summed E-state index contributed by atoms with van der Waals surface area (Å²) in [5, 5.41) is 17.0. The molecular formula is C15H16F3NOS. The highest BCUT2D eigenvalue weighted by Crippen LogP contribution is 2.29. The molecule has 1 aromatic heterocycles. The van der Waals surface area contributed by atoms with Crippen LogP contribution >= 0.6 is 11.3 Å². The van der Waals surface area contributed by atoms with Gasteiger partial charge in [-0.1, -0.05) is 18.2 Å². The lowest BCUT2D eigenvalue weighted by molar-refractivity contribution is -0.137. The highest BCUT2D eigenvalue weighted by Gasteiger charge is 2.30. The van der Waals surface area contributed by atoms with Gasteiger partial charge >= 0.3 is 6.18 Å². The van der Waals surface area contributed by atoms with E-state index in [1.54, 1.807) is 13.0 Å². The van der Waals surface area contributed by atoms with Crippen molar-refractivity contribution in [2.24, 2.45) is 0 Å². The van der Waals surface area contributed by atoms with Crippen LogP contribution < -0.4 is 5.32 Å². The Balaban J connectivity index is 1.95. The van der Waals surface area contributed by atoms with Crippen LogP contribution in [0.4, 0.5) is 13.2 Å². The van der Waals surface area contributed by atoms with Crippen LogP contribution in [-0.4, -0.2) is 11.7 Å². The highest BCUT2D eigenvalue weighted by molar-refractivity contribution is 7.08. The number of thiophene rings is 1. The first kappa shape index (κ1) is 16.0. The van der Waals surface area contributed by atoms with Crippen molar-refractivity contribution in [3.63, 3.8) is 0 Å². The fourth-order valence-electron chi connectivity index (χ4n) is 1.98. The van der Waals surface area contributed by atoms with Gasteiger partial charge in [-0.05, 0) is 40.9 Å². The van der Waals surface area contributed by atoms with Crippen molar-refractivity contribution in [1.29, 1.82) is 0 Å². The Morgan fingerprint density at radius 1 is 1.19 bits per heavy atom. The third kappa shape index (κ3) is 4.30. The van der Waals surface area contributed by atoms with Crippen LogP contribution in [0.1, 0.15) is 23.6 Å². The molecule has 2 N–H and O–H groups in total. The largest absolute Gasteiger partial charge is 0.416 e. The molecule has 0 aliphatic carbocycles. The smallest absolute Gasteiger partial charge is 0.384 e. The first-order valence-electron chi connectivity index (χ1n) is 6.41. The molecule has 1 atom stereocenters. The number of nitrogens with one attached hydrogen (secondary N) is 1. The van der Waals surface area contributed by atoms with Gasteiger partial charge in [0.05, 0.1) is 11.2 Å². The standard InChI is InChI=1S/C15H16F3NOS/c1-14(20,13-5-6-21-9-13)10-19-8-11-3-2-4-12(7-11)15(16,17)18/h2-7,9,19-20H,8,10H2,1H3. The van der Waals surface area contributed by atoms with Gasteiger partial charge in [-0.3, -0.25) is 0 Å². The van der Waals surface area contributed by atoms with Gasteiger partial charge in [-0.15, -0.1) is 0 Å². The lowest BCUT2D eigenvalue weighted by Gasteiger charge is -2.23. The predicted molar refractivity (Wildman–Crippen MR) is 77.0 cm³/mol. The minimum atomic E-state index is -4.34. The predicted octanol–water partition coefficient (Wildman–Crippen LogP) is 3.76. The monoisotopic (exact) mass is 315 g/mol. The minimum Gasteiger partial charge on any atom is -0.384 e. The summed E-state index contributed by atoms with van der Waals surface area (Å²) in [6.07, 6.45) is -4.34. The van der Waals surface area contributed by atoms with Crippen molar-refractivity contribution in [2.75, 3.05) is 6.54 Å². The molecule has 0 aliphatic rings. The Morgan fingerprint density at radius 2 is 1.95 bits per heavy atom. The highest BCUT2D eigenvalue weighted by atomic mass is 32.1. The van der Waals surface area contributed by atoms with E-state index >= 15 is 0 Å². The van der Waals surface area contributed by atoms with E-state index in [9.17, 15) is 18.3 Å². The third-order valence-corrected chi connectivity index (χ3v) is 3.88. The quantitative estimate of drug-likeness (QED) is 0.880. The summed E-state index contributed by atoms with van der Waals surface area (Å²) in [5.41, 5.74) is -0.372. The summed E-state index contributed by atoms with van der Waals surface area (Å²) < 4.78 is 37.8. The maximum atomic E-state index is 12.6. The van der Waals surface area contributed by atoms with Crippen LogP contribution in [0.2, 0.25) is 0 Å². The summed E-state index contributed by atoms with van der Waals surface area (Å²) in [5.74, 6) is 0. The zero-order chi connectivity index (χ0) is 15.5. The Bertz CT molecular complexity index is 579. The summed E-state index contributed by atoms with van der Waals surface area (Å²) in [6, 6.07) is 7.01. The van der Waals surface area contributed by atoms with Crippen LogP contribution in [-0.2, 0) is 18.3 Å². The van der Waals surface area contributed by atoms with Crippen molar-refractivity contribution in [3.8, 4) is 0 Å². The van der Waals surface area contributed by atoms with Crippen LogP contribution in [0.15, 0.2) is 41.1 Å². The number of alkyl halides is 3. The topological polar surface area (TPSA) is 32.3 Å². The number of aliphatic hydroxyl groups is 1. The van der Waals surface area contributed by atoms with Crippen molar-refractivity contribution in [1.82, 2.24) is 5.32 Å². The molecule has 0 radical (unpaired) electrons. The number of hydrogen-bond acceptors (Lipinski definition) is 3. The molecule has 114 valence electrons. The molecule has 2 aromatic rings. The van der Waals surface area contributed by atoms with E-state index in [-0.39, 0.29) is 13.1 Å². The van der Waals surface area contributed by atoms with Gasteiger partial charge in [-0.25, -0.2) is 0 Å². The second-order valence-electron chi connectivity index (χ2n) is 5.09. The van der Waals surface area contributed by atoms with Gasteiger partial charge in [0.1, 0.15) is 0 Å². The Morgan fingerprint density at radius 3 is 2.57 bits per heavy atom. The molecule has 0 saturated carbocycles.